The first-order valence-corrected chi connectivity index (χ1v) is 10.3. The lowest BCUT2D eigenvalue weighted by atomic mass is 10.1. The van der Waals surface area contributed by atoms with E-state index in [1.165, 1.54) is 36.4 Å². The highest BCUT2D eigenvalue weighted by Crippen LogP contribution is 2.37. The minimum Gasteiger partial charge on any atom is -0.490 e. The van der Waals surface area contributed by atoms with Crippen molar-refractivity contribution in [2.24, 2.45) is 0 Å². The van der Waals surface area contributed by atoms with Crippen molar-refractivity contribution in [3.63, 3.8) is 0 Å². The number of ether oxygens (including phenoxy) is 2. The number of urea groups is 1. The standard InChI is InChI=1S/C22H19ClFN3O7/c1-2-33-17-9-12(7-13(23)20(17)34-11-19(29)30)8-16-21(31)27(22(32)26-16)10-18(28)25-15-6-4-3-5-14(15)24/h3-9H,2,10-11H2,1H3,(H,25,28)(H,26,32)(H,29,30)/b16-8+. The van der Waals surface area contributed by atoms with Gasteiger partial charge in [-0.2, -0.15) is 0 Å². The summed E-state index contributed by atoms with van der Waals surface area (Å²) in [6.45, 7) is 0.646. The summed E-state index contributed by atoms with van der Waals surface area (Å²) >= 11 is 6.20. The Morgan fingerprint density at radius 1 is 1.24 bits per heavy atom. The third-order valence-corrected chi connectivity index (χ3v) is 4.68. The van der Waals surface area contributed by atoms with Gasteiger partial charge in [-0.1, -0.05) is 23.7 Å². The molecule has 1 heterocycles. The third-order valence-electron chi connectivity index (χ3n) is 4.39. The molecule has 3 rings (SSSR count). The van der Waals surface area contributed by atoms with Gasteiger partial charge >= 0.3 is 12.0 Å². The van der Waals surface area contributed by atoms with Crippen molar-refractivity contribution in [1.29, 1.82) is 0 Å². The van der Waals surface area contributed by atoms with Crippen LogP contribution in [-0.4, -0.2) is 53.6 Å². The van der Waals surface area contributed by atoms with Gasteiger partial charge in [0.2, 0.25) is 5.91 Å². The average molecular weight is 492 g/mol. The Morgan fingerprint density at radius 2 is 1.97 bits per heavy atom. The van der Waals surface area contributed by atoms with Gasteiger partial charge in [-0.05, 0) is 42.8 Å². The fourth-order valence-corrected chi connectivity index (χ4v) is 3.26. The van der Waals surface area contributed by atoms with E-state index in [4.69, 9.17) is 26.2 Å². The molecule has 1 aliphatic heterocycles. The summed E-state index contributed by atoms with van der Waals surface area (Å²) in [6.07, 6.45) is 1.31. The SMILES string of the molecule is CCOc1cc(/C=C2/NC(=O)N(CC(=O)Nc3ccccc3F)C2=O)cc(Cl)c1OCC(=O)O. The van der Waals surface area contributed by atoms with Crippen molar-refractivity contribution in [3.05, 3.63) is 58.5 Å². The van der Waals surface area contributed by atoms with E-state index >= 15 is 0 Å². The summed E-state index contributed by atoms with van der Waals surface area (Å²) in [6, 6.07) is 7.48. The molecule has 0 spiro atoms. The number of nitrogens with one attached hydrogen (secondary N) is 2. The van der Waals surface area contributed by atoms with Crippen molar-refractivity contribution < 1.29 is 38.1 Å². The van der Waals surface area contributed by atoms with Crippen LogP contribution in [0.25, 0.3) is 6.08 Å². The molecule has 0 atom stereocenters. The van der Waals surface area contributed by atoms with Crippen LogP contribution in [0.3, 0.4) is 0 Å². The molecule has 2 aromatic carbocycles. The maximum atomic E-state index is 13.7. The van der Waals surface area contributed by atoms with E-state index in [9.17, 15) is 23.6 Å². The molecule has 0 radical (unpaired) electrons. The van der Waals surface area contributed by atoms with Crippen molar-refractivity contribution >= 4 is 47.2 Å². The molecular weight excluding hydrogens is 473 g/mol. The third kappa shape index (κ3) is 5.81. The molecule has 4 amide bonds. The van der Waals surface area contributed by atoms with Crippen LogP contribution in [0.15, 0.2) is 42.1 Å². The Morgan fingerprint density at radius 3 is 2.65 bits per heavy atom. The minimum atomic E-state index is -1.21. The number of carboxylic acid groups (broad SMARTS) is 1. The number of carboxylic acids is 1. The van der Waals surface area contributed by atoms with E-state index < -0.39 is 42.8 Å². The number of benzene rings is 2. The van der Waals surface area contributed by atoms with Crippen LogP contribution in [0, 0.1) is 5.82 Å². The summed E-state index contributed by atoms with van der Waals surface area (Å²) in [5.41, 5.74) is 0.123. The van der Waals surface area contributed by atoms with Gasteiger partial charge in [0.05, 0.1) is 17.3 Å². The fraction of sp³-hybridized carbons (Fsp3) is 0.182. The van der Waals surface area contributed by atoms with Gasteiger partial charge in [-0.15, -0.1) is 0 Å². The molecule has 1 aliphatic rings. The van der Waals surface area contributed by atoms with Gasteiger partial charge < -0.3 is 25.2 Å². The lowest BCUT2D eigenvalue weighted by Gasteiger charge is -2.13. The Kier molecular flexibility index (Phi) is 7.69. The number of halogens is 2. The van der Waals surface area contributed by atoms with Gasteiger partial charge in [0.15, 0.2) is 18.1 Å². The summed E-state index contributed by atoms with van der Waals surface area (Å²) in [4.78, 5) is 48.6. The Bertz CT molecular complexity index is 1190. The van der Waals surface area contributed by atoms with Gasteiger partial charge in [0.1, 0.15) is 18.1 Å². The zero-order valence-corrected chi connectivity index (χ0v) is 18.5. The lowest BCUT2D eigenvalue weighted by Crippen LogP contribution is -2.38. The van der Waals surface area contributed by atoms with Crippen LogP contribution in [0.2, 0.25) is 5.02 Å². The first-order chi connectivity index (χ1) is 16.2. The Labute approximate surface area is 197 Å². The van der Waals surface area contributed by atoms with Crippen molar-refractivity contribution in [2.45, 2.75) is 6.92 Å². The maximum absolute atomic E-state index is 13.7. The molecule has 0 aliphatic carbocycles. The topological polar surface area (TPSA) is 134 Å². The second kappa shape index (κ2) is 10.7. The molecule has 2 aromatic rings. The number of rotatable bonds is 9. The number of para-hydroxylation sites is 1. The summed E-state index contributed by atoms with van der Waals surface area (Å²) in [7, 11) is 0. The number of hydrogen-bond donors (Lipinski definition) is 3. The van der Waals surface area contributed by atoms with Crippen LogP contribution in [-0.2, 0) is 14.4 Å². The quantitative estimate of drug-likeness (QED) is 0.362. The molecule has 34 heavy (non-hydrogen) atoms. The summed E-state index contributed by atoms with van der Waals surface area (Å²) in [5.74, 6) is -3.26. The molecule has 12 heteroatoms. The normalized spacial score (nSPS) is 14.2. The first-order valence-electron chi connectivity index (χ1n) is 9.89. The van der Waals surface area contributed by atoms with Crippen molar-refractivity contribution in [1.82, 2.24) is 10.2 Å². The zero-order valence-electron chi connectivity index (χ0n) is 17.8. The van der Waals surface area contributed by atoms with Crippen LogP contribution < -0.4 is 20.1 Å². The van der Waals surface area contributed by atoms with Gasteiger partial charge in [-0.3, -0.25) is 9.59 Å². The molecule has 1 saturated heterocycles. The molecule has 0 saturated carbocycles. The van der Waals surface area contributed by atoms with Crippen LogP contribution in [0.1, 0.15) is 12.5 Å². The number of aliphatic carboxylic acids is 1. The monoisotopic (exact) mass is 491 g/mol. The molecule has 3 N–H and O–H groups in total. The molecule has 10 nitrogen and oxygen atoms in total. The second-order valence-electron chi connectivity index (χ2n) is 6.85. The summed E-state index contributed by atoms with van der Waals surface area (Å²) in [5, 5.41) is 13.5. The zero-order chi connectivity index (χ0) is 24.8. The lowest BCUT2D eigenvalue weighted by molar-refractivity contribution is -0.139. The highest BCUT2D eigenvalue weighted by Gasteiger charge is 2.35. The van der Waals surface area contributed by atoms with Crippen LogP contribution >= 0.6 is 11.6 Å². The molecule has 0 bridgehead atoms. The van der Waals surface area contributed by atoms with E-state index in [1.54, 1.807) is 6.92 Å². The first kappa shape index (κ1) is 24.5. The van der Waals surface area contributed by atoms with E-state index in [0.29, 0.717) is 10.5 Å². The average Bonchev–Trinajstić information content (AvgIpc) is 3.02. The number of nitrogens with zero attached hydrogens (tertiary/aromatic N) is 1. The van der Waals surface area contributed by atoms with Crippen molar-refractivity contribution in [3.8, 4) is 11.5 Å². The maximum Gasteiger partial charge on any atom is 0.341 e. The van der Waals surface area contributed by atoms with Crippen molar-refractivity contribution in [2.75, 3.05) is 25.1 Å². The smallest absolute Gasteiger partial charge is 0.341 e. The second-order valence-corrected chi connectivity index (χ2v) is 7.26. The fourth-order valence-electron chi connectivity index (χ4n) is 2.99. The Hall–Kier alpha value is -4.12. The highest BCUT2D eigenvalue weighted by atomic mass is 35.5. The molecule has 178 valence electrons. The van der Waals surface area contributed by atoms with Gasteiger partial charge in [0, 0.05) is 0 Å². The van der Waals surface area contributed by atoms with E-state index in [-0.39, 0.29) is 34.5 Å². The minimum absolute atomic E-state index is 0.0151. The number of anilines is 1. The summed E-state index contributed by atoms with van der Waals surface area (Å²) < 4.78 is 24.3. The largest absolute Gasteiger partial charge is 0.490 e. The molecule has 0 aromatic heterocycles. The van der Waals surface area contributed by atoms with Crippen LogP contribution in [0.5, 0.6) is 11.5 Å². The van der Waals surface area contributed by atoms with E-state index in [0.717, 1.165) is 6.07 Å². The highest BCUT2D eigenvalue weighted by molar-refractivity contribution is 6.32. The van der Waals surface area contributed by atoms with Gasteiger partial charge in [0.25, 0.3) is 5.91 Å². The predicted octanol–water partition coefficient (Wildman–Crippen LogP) is 2.87. The van der Waals surface area contributed by atoms with E-state index in [1.807, 2.05) is 0 Å². The predicted molar refractivity (Wildman–Crippen MR) is 119 cm³/mol. The Balaban J connectivity index is 1.78. The molecular formula is C22H19ClFN3O7. The number of imide groups is 1. The molecule has 0 unspecified atom stereocenters. The van der Waals surface area contributed by atoms with E-state index in [2.05, 4.69) is 10.6 Å². The number of amides is 4. The number of carbonyl (C=O) groups excluding carboxylic acids is 3. The number of carbonyl (C=O) groups is 4. The van der Waals surface area contributed by atoms with Gasteiger partial charge in [-0.25, -0.2) is 18.9 Å². The van der Waals surface area contributed by atoms with Crippen LogP contribution in [0.4, 0.5) is 14.9 Å². The number of hydrogen-bond acceptors (Lipinski definition) is 6. The molecule has 1 fully saturated rings.